The van der Waals surface area contributed by atoms with Gasteiger partial charge in [-0.25, -0.2) is 0 Å². The number of hydrogen-bond acceptors (Lipinski definition) is 5. The lowest BCUT2D eigenvalue weighted by molar-refractivity contribution is 0.0793. The van der Waals surface area contributed by atoms with E-state index in [9.17, 15) is 9.59 Å². The number of rotatable bonds is 6. The SMILES string of the molecule is COc1ccc(C(=O)Nc2ccc(N3CCCC3)c(C(=O)N3CCCC3)c2)c(OC)c1. The minimum Gasteiger partial charge on any atom is -0.497 e. The zero-order valence-corrected chi connectivity index (χ0v) is 18.1. The maximum absolute atomic E-state index is 13.3. The molecule has 2 fully saturated rings. The van der Waals surface area contributed by atoms with Gasteiger partial charge in [-0.05, 0) is 56.0 Å². The summed E-state index contributed by atoms with van der Waals surface area (Å²) < 4.78 is 10.6. The molecule has 0 radical (unpaired) electrons. The van der Waals surface area contributed by atoms with Gasteiger partial charge in [-0.2, -0.15) is 0 Å². The summed E-state index contributed by atoms with van der Waals surface area (Å²) in [6.07, 6.45) is 4.34. The van der Waals surface area contributed by atoms with Gasteiger partial charge in [-0.3, -0.25) is 9.59 Å². The average Bonchev–Trinajstić information content (AvgIpc) is 3.52. The summed E-state index contributed by atoms with van der Waals surface area (Å²) in [5.41, 5.74) is 2.60. The molecule has 2 saturated heterocycles. The van der Waals surface area contributed by atoms with Crippen LogP contribution in [0.2, 0.25) is 0 Å². The number of ether oxygens (including phenoxy) is 2. The van der Waals surface area contributed by atoms with Gasteiger partial charge in [0, 0.05) is 43.6 Å². The van der Waals surface area contributed by atoms with Crippen LogP contribution >= 0.6 is 0 Å². The standard InChI is InChI=1S/C24H29N3O4/c1-30-18-8-9-19(22(16-18)31-2)23(28)25-17-7-10-21(26-11-3-4-12-26)20(15-17)24(29)27-13-5-6-14-27/h7-10,15-16H,3-6,11-14H2,1-2H3,(H,25,28). The highest BCUT2D eigenvalue weighted by atomic mass is 16.5. The van der Waals surface area contributed by atoms with Crippen molar-refractivity contribution in [3.05, 3.63) is 47.5 Å². The van der Waals surface area contributed by atoms with Crippen LogP contribution in [0.5, 0.6) is 11.5 Å². The molecule has 4 rings (SSSR count). The molecule has 2 aliphatic rings. The minimum absolute atomic E-state index is 0.0394. The number of amides is 2. The van der Waals surface area contributed by atoms with Gasteiger partial charge in [0.25, 0.3) is 11.8 Å². The van der Waals surface area contributed by atoms with Crippen LogP contribution in [0.4, 0.5) is 11.4 Å². The van der Waals surface area contributed by atoms with E-state index in [2.05, 4.69) is 10.2 Å². The lowest BCUT2D eigenvalue weighted by Gasteiger charge is -2.24. The van der Waals surface area contributed by atoms with Crippen molar-refractivity contribution >= 4 is 23.2 Å². The molecule has 0 atom stereocenters. The zero-order chi connectivity index (χ0) is 21.8. The predicted octanol–water partition coefficient (Wildman–Crippen LogP) is 3.79. The molecule has 7 heteroatoms. The molecule has 0 bridgehead atoms. The fourth-order valence-corrected chi connectivity index (χ4v) is 4.29. The van der Waals surface area contributed by atoms with Gasteiger partial charge in [0.05, 0.1) is 25.3 Å². The Hall–Kier alpha value is -3.22. The van der Waals surface area contributed by atoms with Crippen molar-refractivity contribution in [3.63, 3.8) is 0 Å². The highest BCUT2D eigenvalue weighted by Gasteiger charge is 2.26. The minimum atomic E-state index is -0.298. The molecule has 164 valence electrons. The van der Waals surface area contributed by atoms with Gasteiger partial charge in [0.15, 0.2) is 0 Å². The molecular weight excluding hydrogens is 394 g/mol. The average molecular weight is 424 g/mol. The number of methoxy groups -OCH3 is 2. The Morgan fingerprint density at radius 2 is 1.55 bits per heavy atom. The summed E-state index contributed by atoms with van der Waals surface area (Å²) in [6.45, 7) is 3.49. The smallest absolute Gasteiger partial charge is 0.259 e. The molecule has 2 aromatic carbocycles. The first kappa shape index (κ1) is 21.0. The molecule has 31 heavy (non-hydrogen) atoms. The van der Waals surface area contributed by atoms with Crippen LogP contribution < -0.4 is 19.7 Å². The summed E-state index contributed by atoms with van der Waals surface area (Å²) in [5, 5.41) is 2.93. The molecule has 2 aromatic rings. The van der Waals surface area contributed by atoms with E-state index in [1.165, 1.54) is 7.11 Å². The second-order valence-corrected chi connectivity index (χ2v) is 7.95. The Balaban J connectivity index is 1.62. The van der Waals surface area contributed by atoms with E-state index in [0.29, 0.717) is 28.3 Å². The van der Waals surface area contributed by atoms with Crippen molar-refractivity contribution in [1.82, 2.24) is 4.90 Å². The van der Waals surface area contributed by atoms with Crippen LogP contribution in [0.1, 0.15) is 46.4 Å². The van der Waals surface area contributed by atoms with Crippen molar-refractivity contribution in [2.24, 2.45) is 0 Å². The van der Waals surface area contributed by atoms with Crippen LogP contribution in [-0.2, 0) is 0 Å². The van der Waals surface area contributed by atoms with Crippen molar-refractivity contribution in [3.8, 4) is 11.5 Å². The van der Waals surface area contributed by atoms with Gasteiger partial charge in [0.2, 0.25) is 0 Å². The van der Waals surface area contributed by atoms with Gasteiger partial charge < -0.3 is 24.6 Å². The van der Waals surface area contributed by atoms with Gasteiger partial charge in [-0.1, -0.05) is 0 Å². The molecule has 0 spiro atoms. The summed E-state index contributed by atoms with van der Waals surface area (Å²) in [7, 11) is 3.08. The molecule has 2 heterocycles. The fraction of sp³-hybridized carbons (Fsp3) is 0.417. The van der Waals surface area contributed by atoms with Crippen LogP contribution in [-0.4, -0.2) is 57.1 Å². The Morgan fingerprint density at radius 3 is 2.23 bits per heavy atom. The van der Waals surface area contributed by atoms with Crippen molar-refractivity contribution in [2.75, 3.05) is 50.6 Å². The molecule has 2 amide bonds. The van der Waals surface area contributed by atoms with Crippen LogP contribution in [0.3, 0.4) is 0 Å². The molecule has 2 aliphatic heterocycles. The molecule has 0 aromatic heterocycles. The monoisotopic (exact) mass is 423 g/mol. The normalized spacial score (nSPS) is 15.8. The molecule has 0 aliphatic carbocycles. The number of benzene rings is 2. The Kier molecular flexibility index (Phi) is 6.30. The first-order valence-electron chi connectivity index (χ1n) is 10.8. The van der Waals surface area contributed by atoms with Crippen molar-refractivity contribution in [2.45, 2.75) is 25.7 Å². The van der Waals surface area contributed by atoms with Gasteiger partial charge >= 0.3 is 0 Å². The van der Waals surface area contributed by atoms with E-state index in [4.69, 9.17) is 9.47 Å². The third kappa shape index (κ3) is 4.45. The summed E-state index contributed by atoms with van der Waals surface area (Å²) in [6, 6.07) is 10.7. The Labute approximate surface area is 182 Å². The van der Waals surface area contributed by atoms with E-state index in [0.717, 1.165) is 57.5 Å². The van der Waals surface area contributed by atoms with E-state index in [1.54, 1.807) is 25.3 Å². The van der Waals surface area contributed by atoms with E-state index < -0.39 is 0 Å². The zero-order valence-electron chi connectivity index (χ0n) is 18.1. The largest absolute Gasteiger partial charge is 0.497 e. The first-order chi connectivity index (χ1) is 15.1. The van der Waals surface area contributed by atoms with E-state index >= 15 is 0 Å². The Bertz CT molecular complexity index is 963. The van der Waals surface area contributed by atoms with Crippen LogP contribution in [0, 0.1) is 0 Å². The maximum atomic E-state index is 13.3. The molecule has 0 saturated carbocycles. The second kappa shape index (κ2) is 9.29. The first-order valence-corrected chi connectivity index (χ1v) is 10.8. The number of likely N-dealkylation sites (tertiary alicyclic amines) is 1. The molecule has 1 N–H and O–H groups in total. The molecule has 0 unspecified atom stereocenters. The van der Waals surface area contributed by atoms with Crippen LogP contribution in [0.15, 0.2) is 36.4 Å². The number of anilines is 2. The molecule has 7 nitrogen and oxygen atoms in total. The predicted molar refractivity (Wildman–Crippen MR) is 121 cm³/mol. The number of nitrogens with one attached hydrogen (secondary N) is 1. The summed E-state index contributed by atoms with van der Waals surface area (Å²) in [4.78, 5) is 30.4. The second-order valence-electron chi connectivity index (χ2n) is 7.95. The van der Waals surface area contributed by atoms with Crippen LogP contribution in [0.25, 0.3) is 0 Å². The highest BCUT2D eigenvalue weighted by molar-refractivity contribution is 6.08. The highest BCUT2D eigenvalue weighted by Crippen LogP contribution is 2.31. The quantitative estimate of drug-likeness (QED) is 0.765. The van der Waals surface area contributed by atoms with E-state index in [-0.39, 0.29) is 11.8 Å². The number of hydrogen-bond donors (Lipinski definition) is 1. The third-order valence-electron chi connectivity index (χ3n) is 5.98. The summed E-state index contributed by atoms with van der Waals surface area (Å²) >= 11 is 0. The van der Waals surface area contributed by atoms with Gasteiger partial charge in [0.1, 0.15) is 11.5 Å². The number of nitrogens with zero attached hydrogens (tertiary/aromatic N) is 2. The number of carbonyl (C=O) groups is 2. The van der Waals surface area contributed by atoms with Crippen molar-refractivity contribution < 1.29 is 19.1 Å². The fourth-order valence-electron chi connectivity index (χ4n) is 4.29. The Morgan fingerprint density at radius 1 is 0.839 bits per heavy atom. The maximum Gasteiger partial charge on any atom is 0.259 e. The third-order valence-corrected chi connectivity index (χ3v) is 5.98. The summed E-state index contributed by atoms with van der Waals surface area (Å²) in [5.74, 6) is 0.784. The number of carbonyl (C=O) groups excluding carboxylic acids is 2. The van der Waals surface area contributed by atoms with Crippen molar-refractivity contribution in [1.29, 1.82) is 0 Å². The lowest BCUT2D eigenvalue weighted by Crippen LogP contribution is -2.30. The topological polar surface area (TPSA) is 71.1 Å². The van der Waals surface area contributed by atoms with E-state index in [1.807, 2.05) is 23.1 Å². The lowest BCUT2D eigenvalue weighted by atomic mass is 10.1. The van der Waals surface area contributed by atoms with Gasteiger partial charge in [-0.15, -0.1) is 0 Å². The molecular formula is C24H29N3O4.